The van der Waals surface area contributed by atoms with Gasteiger partial charge < -0.3 is 9.64 Å². The average molecular weight is 358 g/mol. The molecule has 0 aliphatic carbocycles. The van der Waals surface area contributed by atoms with Crippen molar-refractivity contribution in [2.45, 2.75) is 18.7 Å². The maximum Gasteiger partial charge on any atom is 0.338 e. The fourth-order valence-electron chi connectivity index (χ4n) is 1.98. The molecule has 0 aliphatic heterocycles. The Morgan fingerprint density at radius 2 is 1.83 bits per heavy atom. The van der Waals surface area contributed by atoms with Crippen LogP contribution < -0.4 is 0 Å². The van der Waals surface area contributed by atoms with Gasteiger partial charge in [-0.05, 0) is 26.0 Å². The molecule has 132 valence electrons. The second-order valence-corrected chi connectivity index (χ2v) is 6.84. The fourth-order valence-corrected chi connectivity index (χ4v) is 2.81. The van der Waals surface area contributed by atoms with Crippen LogP contribution in [-0.2, 0) is 19.4 Å². The van der Waals surface area contributed by atoms with Crippen molar-refractivity contribution in [3.8, 4) is 0 Å². The summed E-state index contributed by atoms with van der Waals surface area (Å²) in [4.78, 5) is 34.8. The van der Waals surface area contributed by atoms with E-state index in [9.17, 15) is 28.1 Å². The number of sulfone groups is 1. The van der Waals surface area contributed by atoms with Gasteiger partial charge in [-0.1, -0.05) is 0 Å². The number of amides is 1. The highest BCUT2D eigenvalue weighted by Gasteiger charge is 2.24. The number of rotatable bonds is 7. The molecule has 1 amide bonds. The lowest BCUT2D eigenvalue weighted by molar-refractivity contribution is -0.387. The highest BCUT2D eigenvalue weighted by molar-refractivity contribution is 7.90. The normalized spacial score (nSPS) is 11.0. The monoisotopic (exact) mass is 358 g/mol. The van der Waals surface area contributed by atoms with Crippen molar-refractivity contribution >= 4 is 27.4 Å². The summed E-state index contributed by atoms with van der Waals surface area (Å²) in [7, 11) is -3.82. The van der Waals surface area contributed by atoms with Crippen molar-refractivity contribution in [2.24, 2.45) is 0 Å². The van der Waals surface area contributed by atoms with E-state index in [1.54, 1.807) is 13.8 Å². The standard InChI is InChI=1S/C14H18N2O7S/c1-4-15(5-2)13(17)9-23-14(18)10-6-7-12(24(3,21)22)11(8-10)16(19)20/h6-8H,4-5,9H2,1-3H3. The number of nitrogens with zero attached hydrogens (tertiary/aromatic N) is 2. The fraction of sp³-hybridized carbons (Fsp3) is 0.429. The van der Waals surface area contributed by atoms with Gasteiger partial charge in [0, 0.05) is 25.4 Å². The topological polar surface area (TPSA) is 124 Å². The summed E-state index contributed by atoms with van der Waals surface area (Å²) < 4.78 is 27.9. The Balaban J connectivity index is 2.99. The zero-order chi connectivity index (χ0) is 18.5. The van der Waals surface area contributed by atoms with E-state index in [4.69, 9.17) is 4.74 Å². The number of esters is 1. The maximum absolute atomic E-state index is 11.9. The lowest BCUT2D eigenvalue weighted by atomic mass is 10.2. The Kier molecular flexibility index (Phi) is 6.41. The number of ether oxygens (including phenoxy) is 1. The molecule has 0 heterocycles. The molecule has 24 heavy (non-hydrogen) atoms. The van der Waals surface area contributed by atoms with Crippen molar-refractivity contribution in [3.63, 3.8) is 0 Å². The van der Waals surface area contributed by atoms with Gasteiger partial charge in [-0.15, -0.1) is 0 Å². The molecule has 0 saturated carbocycles. The zero-order valence-electron chi connectivity index (χ0n) is 13.5. The molecular weight excluding hydrogens is 340 g/mol. The van der Waals surface area contributed by atoms with E-state index in [2.05, 4.69) is 0 Å². The van der Waals surface area contributed by atoms with Gasteiger partial charge in [-0.25, -0.2) is 13.2 Å². The van der Waals surface area contributed by atoms with E-state index in [1.807, 2.05) is 0 Å². The van der Waals surface area contributed by atoms with Gasteiger partial charge in [0.05, 0.1) is 10.5 Å². The first-order valence-corrected chi connectivity index (χ1v) is 8.94. The molecular formula is C14H18N2O7S. The molecule has 1 aromatic carbocycles. The smallest absolute Gasteiger partial charge is 0.338 e. The molecule has 0 radical (unpaired) electrons. The van der Waals surface area contributed by atoms with Crippen LogP contribution in [-0.4, -0.2) is 56.1 Å². The van der Waals surface area contributed by atoms with Crippen LogP contribution >= 0.6 is 0 Å². The number of likely N-dealkylation sites (N-methyl/N-ethyl adjacent to an activating group) is 1. The van der Waals surface area contributed by atoms with Gasteiger partial charge in [0.2, 0.25) is 0 Å². The lowest BCUT2D eigenvalue weighted by Crippen LogP contribution is -2.34. The quantitative estimate of drug-likeness (QED) is 0.405. The lowest BCUT2D eigenvalue weighted by Gasteiger charge is -2.18. The predicted octanol–water partition coefficient (Wildman–Crippen LogP) is 1.02. The summed E-state index contributed by atoms with van der Waals surface area (Å²) in [6, 6.07) is 2.89. The Morgan fingerprint density at radius 1 is 1.25 bits per heavy atom. The van der Waals surface area contributed by atoms with Crippen molar-refractivity contribution in [1.29, 1.82) is 0 Å². The average Bonchev–Trinajstić information content (AvgIpc) is 2.52. The van der Waals surface area contributed by atoms with E-state index in [0.29, 0.717) is 13.1 Å². The van der Waals surface area contributed by atoms with E-state index in [-0.39, 0.29) is 5.56 Å². The minimum absolute atomic E-state index is 0.207. The van der Waals surface area contributed by atoms with Gasteiger partial charge in [-0.3, -0.25) is 14.9 Å². The largest absolute Gasteiger partial charge is 0.452 e. The zero-order valence-corrected chi connectivity index (χ0v) is 14.3. The van der Waals surface area contributed by atoms with Crippen molar-refractivity contribution in [1.82, 2.24) is 4.90 Å². The van der Waals surface area contributed by atoms with E-state index >= 15 is 0 Å². The summed E-state index contributed by atoms with van der Waals surface area (Å²) in [5, 5.41) is 11.0. The predicted molar refractivity (Wildman–Crippen MR) is 84.4 cm³/mol. The summed E-state index contributed by atoms with van der Waals surface area (Å²) >= 11 is 0. The second-order valence-electron chi connectivity index (χ2n) is 4.85. The molecule has 0 fully saturated rings. The van der Waals surface area contributed by atoms with Crippen LogP contribution in [0.25, 0.3) is 0 Å². The summed E-state index contributed by atoms with van der Waals surface area (Å²) in [5.41, 5.74) is -0.927. The molecule has 0 bridgehead atoms. The van der Waals surface area contributed by atoms with Crippen molar-refractivity contribution in [2.75, 3.05) is 26.0 Å². The molecule has 0 aromatic heterocycles. The molecule has 10 heteroatoms. The third kappa shape index (κ3) is 4.75. The van der Waals surface area contributed by atoms with Crippen molar-refractivity contribution < 1.29 is 27.7 Å². The molecule has 0 aliphatic rings. The Morgan fingerprint density at radius 3 is 2.29 bits per heavy atom. The number of hydrogen-bond acceptors (Lipinski definition) is 7. The van der Waals surface area contributed by atoms with Crippen LogP contribution in [0.3, 0.4) is 0 Å². The highest BCUT2D eigenvalue weighted by Crippen LogP contribution is 2.25. The summed E-state index contributed by atoms with van der Waals surface area (Å²) in [5.74, 6) is -1.34. The van der Waals surface area contributed by atoms with Crippen LogP contribution in [0.2, 0.25) is 0 Å². The Bertz CT molecular complexity index is 754. The van der Waals surface area contributed by atoms with Crippen molar-refractivity contribution in [3.05, 3.63) is 33.9 Å². The van der Waals surface area contributed by atoms with Gasteiger partial charge >= 0.3 is 5.97 Å². The number of benzene rings is 1. The van der Waals surface area contributed by atoms with Gasteiger partial charge in [0.1, 0.15) is 4.90 Å². The number of nitro benzene ring substituents is 1. The maximum atomic E-state index is 11.9. The van der Waals surface area contributed by atoms with Crippen LogP contribution in [0.5, 0.6) is 0 Å². The van der Waals surface area contributed by atoms with Crippen LogP contribution in [0.4, 0.5) is 5.69 Å². The van der Waals surface area contributed by atoms with E-state index < -0.39 is 43.8 Å². The first kappa shape index (κ1) is 19.6. The first-order chi connectivity index (χ1) is 11.1. The van der Waals surface area contributed by atoms with Gasteiger partial charge in [-0.2, -0.15) is 0 Å². The molecule has 1 rings (SSSR count). The third-order valence-electron chi connectivity index (χ3n) is 3.23. The SMILES string of the molecule is CCN(CC)C(=O)COC(=O)c1ccc(S(C)(=O)=O)c([N+](=O)[O-])c1. The van der Waals surface area contributed by atoms with Crippen LogP contribution in [0.1, 0.15) is 24.2 Å². The minimum Gasteiger partial charge on any atom is -0.452 e. The summed E-state index contributed by atoms with van der Waals surface area (Å²) in [6.07, 6.45) is 0.829. The molecule has 0 N–H and O–H groups in total. The molecule has 0 saturated heterocycles. The number of carbonyl (C=O) groups excluding carboxylic acids is 2. The van der Waals surface area contributed by atoms with Gasteiger partial charge in [0.25, 0.3) is 11.6 Å². The number of carbonyl (C=O) groups is 2. The molecule has 0 unspecified atom stereocenters. The Hall–Kier alpha value is -2.49. The van der Waals surface area contributed by atoms with Crippen LogP contribution in [0, 0.1) is 10.1 Å². The van der Waals surface area contributed by atoms with Gasteiger partial charge in [0.15, 0.2) is 16.4 Å². The third-order valence-corrected chi connectivity index (χ3v) is 4.38. The molecule has 0 spiro atoms. The molecule has 9 nitrogen and oxygen atoms in total. The minimum atomic E-state index is -3.82. The van der Waals surface area contributed by atoms with E-state index in [0.717, 1.165) is 24.5 Å². The first-order valence-electron chi connectivity index (χ1n) is 7.05. The van der Waals surface area contributed by atoms with E-state index in [1.165, 1.54) is 4.90 Å². The second kappa shape index (κ2) is 7.86. The summed E-state index contributed by atoms with van der Waals surface area (Å²) in [6.45, 7) is 3.97. The number of nitro groups is 1. The number of hydrogen-bond donors (Lipinski definition) is 0. The highest BCUT2D eigenvalue weighted by atomic mass is 32.2. The Labute approximate surface area is 139 Å². The molecule has 0 atom stereocenters. The molecule has 1 aromatic rings. The van der Waals surface area contributed by atoms with Crippen LogP contribution in [0.15, 0.2) is 23.1 Å².